The molecule has 0 bridgehead atoms. The standard InChI is InChI=1S/C11H16N2O2S/c1-3-7(2)6-16-10-9(11(14)15)4-8(12)5-13-10/h4-5,7H,3,6,12H2,1-2H3,(H,14,15). The lowest BCUT2D eigenvalue weighted by Crippen LogP contribution is -2.04. The number of carboxylic acid groups (broad SMARTS) is 1. The molecule has 0 aromatic carbocycles. The minimum Gasteiger partial charge on any atom is -0.478 e. The molecular formula is C11H16N2O2S. The summed E-state index contributed by atoms with van der Waals surface area (Å²) < 4.78 is 0. The number of aromatic nitrogens is 1. The monoisotopic (exact) mass is 240 g/mol. The van der Waals surface area contributed by atoms with Gasteiger partial charge in [0, 0.05) is 5.75 Å². The number of pyridine rings is 1. The third kappa shape index (κ3) is 3.41. The van der Waals surface area contributed by atoms with E-state index in [0.29, 0.717) is 16.6 Å². The average molecular weight is 240 g/mol. The Morgan fingerprint density at radius 2 is 2.38 bits per heavy atom. The van der Waals surface area contributed by atoms with Crippen molar-refractivity contribution >= 4 is 23.4 Å². The van der Waals surface area contributed by atoms with Crippen LogP contribution in [0.25, 0.3) is 0 Å². The van der Waals surface area contributed by atoms with E-state index in [2.05, 4.69) is 18.8 Å². The minimum absolute atomic E-state index is 0.188. The van der Waals surface area contributed by atoms with E-state index >= 15 is 0 Å². The molecule has 0 aliphatic heterocycles. The molecule has 0 saturated carbocycles. The summed E-state index contributed by atoms with van der Waals surface area (Å²) in [4.78, 5) is 15.0. The second kappa shape index (κ2) is 5.75. The third-order valence-corrected chi connectivity index (χ3v) is 3.64. The molecular weight excluding hydrogens is 224 g/mol. The molecule has 0 spiro atoms. The Morgan fingerprint density at radius 3 is 2.94 bits per heavy atom. The maximum absolute atomic E-state index is 11.0. The molecule has 16 heavy (non-hydrogen) atoms. The van der Waals surface area contributed by atoms with Gasteiger partial charge >= 0.3 is 5.97 Å². The zero-order valence-electron chi connectivity index (χ0n) is 9.43. The molecule has 1 rings (SSSR count). The number of anilines is 1. The zero-order chi connectivity index (χ0) is 12.1. The van der Waals surface area contributed by atoms with Crippen molar-refractivity contribution in [1.29, 1.82) is 0 Å². The van der Waals surface area contributed by atoms with Gasteiger partial charge in [0.05, 0.1) is 17.4 Å². The predicted octanol–water partition coefficient (Wildman–Crippen LogP) is 2.50. The van der Waals surface area contributed by atoms with Gasteiger partial charge in [-0.05, 0) is 12.0 Å². The van der Waals surface area contributed by atoms with Crippen molar-refractivity contribution in [3.05, 3.63) is 17.8 Å². The van der Waals surface area contributed by atoms with Gasteiger partial charge in [0.25, 0.3) is 0 Å². The normalized spacial score (nSPS) is 12.4. The SMILES string of the molecule is CCC(C)CSc1ncc(N)cc1C(=O)O. The number of rotatable bonds is 5. The van der Waals surface area contributed by atoms with Crippen LogP contribution in [0.15, 0.2) is 17.3 Å². The van der Waals surface area contributed by atoms with Crippen LogP contribution in [-0.4, -0.2) is 21.8 Å². The van der Waals surface area contributed by atoms with E-state index in [1.165, 1.54) is 24.0 Å². The van der Waals surface area contributed by atoms with E-state index < -0.39 is 5.97 Å². The van der Waals surface area contributed by atoms with Crippen molar-refractivity contribution in [1.82, 2.24) is 4.98 Å². The van der Waals surface area contributed by atoms with Crippen LogP contribution in [0.3, 0.4) is 0 Å². The minimum atomic E-state index is -0.980. The van der Waals surface area contributed by atoms with E-state index in [9.17, 15) is 4.79 Å². The highest BCUT2D eigenvalue weighted by molar-refractivity contribution is 7.99. The van der Waals surface area contributed by atoms with Crippen LogP contribution >= 0.6 is 11.8 Å². The van der Waals surface area contributed by atoms with Gasteiger partial charge < -0.3 is 10.8 Å². The lowest BCUT2D eigenvalue weighted by molar-refractivity contribution is 0.0692. The zero-order valence-corrected chi connectivity index (χ0v) is 10.3. The number of carbonyl (C=O) groups is 1. The van der Waals surface area contributed by atoms with Crippen molar-refractivity contribution in [2.24, 2.45) is 5.92 Å². The molecule has 1 aromatic heterocycles. The largest absolute Gasteiger partial charge is 0.478 e. The maximum Gasteiger partial charge on any atom is 0.338 e. The van der Waals surface area contributed by atoms with E-state index in [1.54, 1.807) is 0 Å². The second-order valence-corrected chi connectivity index (χ2v) is 4.76. The lowest BCUT2D eigenvalue weighted by atomic mass is 10.2. The Morgan fingerprint density at radius 1 is 1.69 bits per heavy atom. The Labute approximate surface area is 99.3 Å². The summed E-state index contributed by atoms with van der Waals surface area (Å²) in [5, 5.41) is 9.55. The molecule has 0 saturated heterocycles. The van der Waals surface area contributed by atoms with Crippen LogP contribution in [0.1, 0.15) is 30.6 Å². The molecule has 1 aromatic rings. The lowest BCUT2D eigenvalue weighted by Gasteiger charge is -2.09. The molecule has 0 aliphatic rings. The van der Waals surface area contributed by atoms with Crippen LogP contribution in [0.4, 0.5) is 5.69 Å². The molecule has 5 heteroatoms. The number of nitrogens with zero attached hydrogens (tertiary/aromatic N) is 1. The van der Waals surface area contributed by atoms with Crippen molar-refractivity contribution in [2.45, 2.75) is 25.3 Å². The molecule has 1 heterocycles. The van der Waals surface area contributed by atoms with Crippen LogP contribution in [0.5, 0.6) is 0 Å². The Kier molecular flexibility index (Phi) is 4.61. The number of hydrogen-bond donors (Lipinski definition) is 2. The maximum atomic E-state index is 11.0. The molecule has 0 fully saturated rings. The topological polar surface area (TPSA) is 76.2 Å². The van der Waals surface area contributed by atoms with E-state index in [4.69, 9.17) is 10.8 Å². The highest BCUT2D eigenvalue weighted by Gasteiger charge is 2.13. The summed E-state index contributed by atoms with van der Waals surface area (Å²) in [7, 11) is 0. The molecule has 0 radical (unpaired) electrons. The van der Waals surface area contributed by atoms with Gasteiger partial charge in [-0.2, -0.15) is 0 Å². The summed E-state index contributed by atoms with van der Waals surface area (Å²) in [5.41, 5.74) is 6.08. The molecule has 3 N–H and O–H groups in total. The fraction of sp³-hybridized carbons (Fsp3) is 0.455. The second-order valence-electron chi connectivity index (χ2n) is 3.75. The Bertz CT molecular complexity index is 382. The van der Waals surface area contributed by atoms with Crippen LogP contribution in [0.2, 0.25) is 0 Å². The van der Waals surface area contributed by atoms with E-state index in [-0.39, 0.29) is 5.56 Å². The summed E-state index contributed by atoms with van der Waals surface area (Å²) >= 11 is 1.47. The van der Waals surface area contributed by atoms with Crippen molar-refractivity contribution in [3.8, 4) is 0 Å². The molecule has 1 atom stereocenters. The molecule has 0 amide bonds. The summed E-state index contributed by atoms with van der Waals surface area (Å²) in [5.74, 6) is 0.436. The van der Waals surface area contributed by atoms with E-state index in [1.807, 2.05) is 0 Å². The molecule has 88 valence electrons. The summed E-state index contributed by atoms with van der Waals surface area (Å²) in [6, 6.07) is 1.45. The number of thioether (sulfide) groups is 1. The summed E-state index contributed by atoms with van der Waals surface area (Å²) in [6.07, 6.45) is 2.57. The van der Waals surface area contributed by atoms with Gasteiger partial charge in [-0.1, -0.05) is 20.3 Å². The van der Waals surface area contributed by atoms with Crippen molar-refractivity contribution in [3.63, 3.8) is 0 Å². The van der Waals surface area contributed by atoms with Gasteiger partial charge in [-0.15, -0.1) is 11.8 Å². The van der Waals surface area contributed by atoms with Crippen LogP contribution in [0, 0.1) is 5.92 Å². The first-order valence-corrected chi connectivity index (χ1v) is 6.14. The van der Waals surface area contributed by atoms with Gasteiger partial charge in [-0.25, -0.2) is 9.78 Å². The van der Waals surface area contributed by atoms with Gasteiger partial charge in [0.2, 0.25) is 0 Å². The fourth-order valence-corrected chi connectivity index (χ4v) is 2.18. The first kappa shape index (κ1) is 12.8. The third-order valence-electron chi connectivity index (χ3n) is 2.30. The molecule has 4 nitrogen and oxygen atoms in total. The van der Waals surface area contributed by atoms with Crippen molar-refractivity contribution in [2.75, 3.05) is 11.5 Å². The molecule has 0 aliphatic carbocycles. The highest BCUT2D eigenvalue weighted by Crippen LogP contribution is 2.24. The van der Waals surface area contributed by atoms with Crippen LogP contribution in [-0.2, 0) is 0 Å². The smallest absolute Gasteiger partial charge is 0.338 e. The number of aromatic carboxylic acids is 1. The van der Waals surface area contributed by atoms with Gasteiger partial charge in [0.15, 0.2) is 0 Å². The molecule has 1 unspecified atom stereocenters. The Hall–Kier alpha value is -1.23. The predicted molar refractivity (Wildman–Crippen MR) is 65.8 cm³/mol. The van der Waals surface area contributed by atoms with Gasteiger partial charge in [-0.3, -0.25) is 0 Å². The number of nitrogen functional groups attached to an aromatic ring is 1. The first-order chi connectivity index (χ1) is 7.54. The van der Waals surface area contributed by atoms with E-state index in [0.717, 1.165) is 12.2 Å². The van der Waals surface area contributed by atoms with Gasteiger partial charge in [0.1, 0.15) is 5.03 Å². The number of carboxylic acids is 1. The quantitative estimate of drug-likeness (QED) is 0.773. The van der Waals surface area contributed by atoms with Crippen LogP contribution < -0.4 is 5.73 Å². The fourth-order valence-electron chi connectivity index (χ4n) is 1.08. The Balaban J connectivity index is 2.82. The summed E-state index contributed by atoms with van der Waals surface area (Å²) in [6.45, 7) is 4.24. The first-order valence-electron chi connectivity index (χ1n) is 5.16. The average Bonchev–Trinajstić information content (AvgIpc) is 2.26. The number of nitrogens with two attached hydrogens (primary N) is 1. The van der Waals surface area contributed by atoms with Crippen molar-refractivity contribution < 1.29 is 9.90 Å². The number of hydrogen-bond acceptors (Lipinski definition) is 4. The highest BCUT2D eigenvalue weighted by atomic mass is 32.2.